The minimum Gasteiger partial charge on any atom is -0.383 e. The molecule has 0 saturated carbocycles. The van der Waals surface area contributed by atoms with Crippen LogP contribution in [0.1, 0.15) is 21.6 Å². The summed E-state index contributed by atoms with van der Waals surface area (Å²) in [6, 6.07) is 7.26. The zero-order chi connectivity index (χ0) is 17.5. The highest BCUT2D eigenvalue weighted by Gasteiger charge is 2.09. The molecule has 1 heterocycles. The molecule has 128 valence electrons. The second kappa shape index (κ2) is 8.56. The number of rotatable bonds is 6. The van der Waals surface area contributed by atoms with E-state index in [-0.39, 0.29) is 18.4 Å². The minimum atomic E-state index is -0.314. The van der Waals surface area contributed by atoms with E-state index >= 15 is 0 Å². The van der Waals surface area contributed by atoms with Crippen LogP contribution in [-0.2, 0) is 16.1 Å². The zero-order valence-corrected chi connectivity index (χ0v) is 14.9. The molecule has 0 spiro atoms. The number of aromatic nitrogens is 1. The van der Waals surface area contributed by atoms with Gasteiger partial charge in [0.25, 0.3) is 5.91 Å². The standard InChI is InChI=1S/C17H21N3O3S/c1-12-4-6-14(7-5-12)16(22)19-17-20(13(2)11-24-17)10-15(21)18-8-9-23-3/h4-7,11H,8-10H2,1-3H3,(H,18,21). The molecular formula is C17H21N3O3S. The van der Waals surface area contributed by atoms with E-state index in [1.54, 1.807) is 23.8 Å². The zero-order valence-electron chi connectivity index (χ0n) is 14.0. The molecule has 0 unspecified atom stereocenters. The van der Waals surface area contributed by atoms with E-state index in [1.165, 1.54) is 11.3 Å². The van der Waals surface area contributed by atoms with Crippen LogP contribution in [0.3, 0.4) is 0 Å². The Morgan fingerprint density at radius 3 is 2.62 bits per heavy atom. The van der Waals surface area contributed by atoms with Gasteiger partial charge in [0.05, 0.1) is 6.61 Å². The third-order valence-electron chi connectivity index (χ3n) is 3.42. The number of carbonyl (C=O) groups is 2. The largest absolute Gasteiger partial charge is 0.383 e. The van der Waals surface area contributed by atoms with Crippen LogP contribution in [0.25, 0.3) is 0 Å². The number of nitrogens with one attached hydrogen (secondary N) is 1. The van der Waals surface area contributed by atoms with Gasteiger partial charge in [0.2, 0.25) is 5.91 Å². The first-order valence-corrected chi connectivity index (χ1v) is 8.45. The molecule has 0 aliphatic heterocycles. The van der Waals surface area contributed by atoms with Crippen molar-refractivity contribution in [3.05, 3.63) is 51.3 Å². The molecule has 2 aromatic rings. The van der Waals surface area contributed by atoms with Gasteiger partial charge in [0.15, 0.2) is 4.80 Å². The Labute approximate surface area is 144 Å². The summed E-state index contributed by atoms with van der Waals surface area (Å²) < 4.78 is 6.64. The average Bonchev–Trinajstić information content (AvgIpc) is 2.89. The molecule has 0 radical (unpaired) electrons. The van der Waals surface area contributed by atoms with E-state index in [9.17, 15) is 9.59 Å². The molecule has 0 saturated heterocycles. The summed E-state index contributed by atoms with van der Waals surface area (Å²) in [5, 5.41) is 4.64. The molecule has 1 aromatic carbocycles. The van der Waals surface area contributed by atoms with E-state index in [0.717, 1.165) is 11.3 Å². The summed E-state index contributed by atoms with van der Waals surface area (Å²) in [6.07, 6.45) is 0. The number of amides is 2. The van der Waals surface area contributed by atoms with Crippen molar-refractivity contribution in [3.63, 3.8) is 0 Å². The van der Waals surface area contributed by atoms with E-state index < -0.39 is 0 Å². The van der Waals surface area contributed by atoms with Crippen molar-refractivity contribution >= 4 is 23.2 Å². The van der Waals surface area contributed by atoms with Crippen LogP contribution in [0.4, 0.5) is 0 Å². The fourth-order valence-corrected chi connectivity index (χ4v) is 2.91. The van der Waals surface area contributed by atoms with Gasteiger partial charge in [-0.15, -0.1) is 11.3 Å². The Hall–Kier alpha value is -2.25. The van der Waals surface area contributed by atoms with Crippen molar-refractivity contribution in [3.8, 4) is 0 Å². The van der Waals surface area contributed by atoms with Crippen LogP contribution in [0, 0.1) is 13.8 Å². The summed E-state index contributed by atoms with van der Waals surface area (Å²) in [5.74, 6) is -0.455. The highest BCUT2D eigenvalue weighted by Crippen LogP contribution is 2.05. The Bertz CT molecular complexity index is 775. The first-order valence-electron chi connectivity index (χ1n) is 7.57. The quantitative estimate of drug-likeness (QED) is 0.808. The van der Waals surface area contributed by atoms with Crippen LogP contribution in [0.5, 0.6) is 0 Å². The van der Waals surface area contributed by atoms with E-state index in [0.29, 0.717) is 23.5 Å². The minimum absolute atomic E-state index is 0.124. The van der Waals surface area contributed by atoms with Gasteiger partial charge in [-0.1, -0.05) is 17.7 Å². The fraction of sp³-hybridized carbons (Fsp3) is 0.353. The Morgan fingerprint density at radius 1 is 1.25 bits per heavy atom. The van der Waals surface area contributed by atoms with Crippen LogP contribution >= 0.6 is 11.3 Å². The number of nitrogens with zero attached hydrogens (tertiary/aromatic N) is 2. The lowest BCUT2D eigenvalue weighted by Crippen LogP contribution is -2.33. The molecule has 24 heavy (non-hydrogen) atoms. The predicted octanol–water partition coefficient (Wildman–Crippen LogP) is 1.67. The van der Waals surface area contributed by atoms with Crippen LogP contribution in [-0.4, -0.2) is 36.6 Å². The number of thiazole rings is 1. The molecule has 0 fully saturated rings. The Balaban J connectivity index is 2.17. The van der Waals surface area contributed by atoms with Gasteiger partial charge < -0.3 is 14.6 Å². The van der Waals surface area contributed by atoms with Crippen molar-refractivity contribution in [2.24, 2.45) is 4.99 Å². The predicted molar refractivity (Wildman–Crippen MR) is 93.0 cm³/mol. The summed E-state index contributed by atoms with van der Waals surface area (Å²) >= 11 is 1.34. The van der Waals surface area contributed by atoms with Gasteiger partial charge >= 0.3 is 0 Å². The lowest BCUT2D eigenvalue weighted by atomic mass is 10.1. The summed E-state index contributed by atoms with van der Waals surface area (Å²) in [6.45, 7) is 4.88. The van der Waals surface area contributed by atoms with Crippen molar-refractivity contribution in [1.29, 1.82) is 0 Å². The number of methoxy groups -OCH3 is 1. The molecule has 2 amide bonds. The lowest BCUT2D eigenvalue weighted by Gasteiger charge is -2.07. The number of aryl methyl sites for hydroxylation is 2. The third kappa shape index (κ3) is 4.87. The van der Waals surface area contributed by atoms with Gasteiger partial charge in [-0.3, -0.25) is 9.59 Å². The summed E-state index contributed by atoms with van der Waals surface area (Å²) in [4.78, 5) is 28.9. The average molecular weight is 347 g/mol. The van der Waals surface area contributed by atoms with Gasteiger partial charge in [-0.05, 0) is 26.0 Å². The normalized spacial score (nSPS) is 11.5. The molecule has 2 rings (SSSR count). The molecular weight excluding hydrogens is 326 g/mol. The van der Waals surface area contributed by atoms with Crippen LogP contribution in [0.2, 0.25) is 0 Å². The van der Waals surface area contributed by atoms with Crippen molar-refractivity contribution < 1.29 is 14.3 Å². The monoisotopic (exact) mass is 347 g/mol. The first kappa shape index (κ1) is 18.1. The highest BCUT2D eigenvalue weighted by atomic mass is 32.1. The molecule has 0 aliphatic carbocycles. The second-order valence-corrected chi connectivity index (χ2v) is 6.21. The maximum absolute atomic E-state index is 12.3. The molecule has 0 aliphatic rings. The smallest absolute Gasteiger partial charge is 0.279 e. The number of carbonyl (C=O) groups excluding carboxylic acids is 2. The number of benzene rings is 1. The molecule has 6 nitrogen and oxygen atoms in total. The SMILES string of the molecule is COCCNC(=O)Cn1c(C)csc1=NC(=O)c1ccc(C)cc1. The van der Waals surface area contributed by atoms with Gasteiger partial charge in [-0.25, -0.2) is 0 Å². The third-order valence-corrected chi connectivity index (χ3v) is 4.40. The van der Waals surface area contributed by atoms with Crippen molar-refractivity contribution in [2.75, 3.05) is 20.3 Å². The Kier molecular flexibility index (Phi) is 6.45. The fourth-order valence-electron chi connectivity index (χ4n) is 2.03. The van der Waals surface area contributed by atoms with Gasteiger partial charge in [-0.2, -0.15) is 4.99 Å². The number of hydrogen-bond acceptors (Lipinski definition) is 4. The number of ether oxygens (including phenoxy) is 1. The van der Waals surface area contributed by atoms with E-state index in [2.05, 4.69) is 10.3 Å². The van der Waals surface area contributed by atoms with Crippen molar-refractivity contribution in [2.45, 2.75) is 20.4 Å². The number of hydrogen-bond donors (Lipinski definition) is 1. The highest BCUT2D eigenvalue weighted by molar-refractivity contribution is 7.07. The first-order chi connectivity index (χ1) is 11.5. The lowest BCUT2D eigenvalue weighted by molar-refractivity contribution is -0.121. The van der Waals surface area contributed by atoms with Crippen LogP contribution in [0.15, 0.2) is 34.6 Å². The van der Waals surface area contributed by atoms with Gasteiger partial charge in [0, 0.05) is 30.3 Å². The maximum atomic E-state index is 12.3. The maximum Gasteiger partial charge on any atom is 0.279 e. The topological polar surface area (TPSA) is 72.7 Å². The Morgan fingerprint density at radius 2 is 1.96 bits per heavy atom. The molecule has 1 aromatic heterocycles. The summed E-state index contributed by atoms with van der Waals surface area (Å²) in [7, 11) is 1.58. The summed E-state index contributed by atoms with van der Waals surface area (Å²) in [5.41, 5.74) is 2.50. The van der Waals surface area contributed by atoms with Crippen molar-refractivity contribution in [1.82, 2.24) is 9.88 Å². The second-order valence-electron chi connectivity index (χ2n) is 5.37. The van der Waals surface area contributed by atoms with E-state index in [4.69, 9.17) is 4.74 Å². The van der Waals surface area contributed by atoms with Gasteiger partial charge in [0.1, 0.15) is 6.54 Å². The molecule has 0 atom stereocenters. The van der Waals surface area contributed by atoms with Crippen LogP contribution < -0.4 is 10.1 Å². The molecule has 1 N–H and O–H groups in total. The molecule has 0 bridgehead atoms. The molecule has 7 heteroatoms. The van der Waals surface area contributed by atoms with E-state index in [1.807, 2.05) is 31.4 Å².